The van der Waals surface area contributed by atoms with Crippen LogP contribution in [0.3, 0.4) is 0 Å². The number of carbonyl (C=O) groups excluding carboxylic acids is 1. The first-order chi connectivity index (χ1) is 10.0. The molecule has 5 heteroatoms. The third-order valence-corrected chi connectivity index (χ3v) is 4.15. The highest BCUT2D eigenvalue weighted by atomic mass is 16.4. The van der Waals surface area contributed by atoms with E-state index in [0.29, 0.717) is 18.7 Å². The highest BCUT2D eigenvalue weighted by molar-refractivity contribution is 6.05. The maximum atomic E-state index is 12.6. The Hall–Kier alpha value is -2.43. The van der Waals surface area contributed by atoms with Gasteiger partial charge in [-0.25, -0.2) is 0 Å². The largest absolute Gasteiger partial charge is 0.481 e. The quantitative estimate of drug-likeness (QED) is 0.917. The van der Waals surface area contributed by atoms with Crippen LogP contribution in [0.4, 0.5) is 0 Å². The maximum absolute atomic E-state index is 12.6. The van der Waals surface area contributed by atoms with Crippen molar-refractivity contribution in [3.8, 4) is 0 Å². The monoisotopic (exact) mass is 284 g/mol. The number of hydrogen-bond acceptors (Lipinski definition) is 3. The SMILES string of the molecule is C[C@]1(C(=O)O)CCN(C(=O)c2nccc3ccccc23)C1. The predicted molar refractivity (Wildman–Crippen MR) is 78.0 cm³/mol. The molecule has 21 heavy (non-hydrogen) atoms. The number of aliphatic carboxylic acids is 1. The molecule has 1 aromatic heterocycles. The van der Waals surface area contributed by atoms with Gasteiger partial charge in [0.05, 0.1) is 5.41 Å². The van der Waals surface area contributed by atoms with Crippen LogP contribution in [0.25, 0.3) is 10.8 Å². The van der Waals surface area contributed by atoms with Crippen LogP contribution in [0.15, 0.2) is 36.5 Å². The Balaban J connectivity index is 1.94. The van der Waals surface area contributed by atoms with Crippen molar-refractivity contribution in [3.05, 3.63) is 42.2 Å². The molecule has 1 atom stereocenters. The Bertz CT molecular complexity index is 723. The number of pyridine rings is 1. The lowest BCUT2D eigenvalue weighted by Gasteiger charge is -2.20. The summed E-state index contributed by atoms with van der Waals surface area (Å²) >= 11 is 0. The number of carbonyl (C=O) groups is 2. The number of fused-ring (bicyclic) bond motifs is 1. The molecule has 0 saturated carbocycles. The average Bonchev–Trinajstić information content (AvgIpc) is 2.90. The molecule has 1 aliphatic heterocycles. The molecule has 2 aromatic rings. The Labute approximate surface area is 122 Å². The highest BCUT2D eigenvalue weighted by Crippen LogP contribution is 2.31. The Morgan fingerprint density at radius 2 is 2.05 bits per heavy atom. The lowest BCUT2D eigenvalue weighted by atomic mass is 9.90. The molecule has 5 nitrogen and oxygen atoms in total. The fourth-order valence-corrected chi connectivity index (χ4v) is 2.75. The van der Waals surface area contributed by atoms with Crippen LogP contribution in [0.5, 0.6) is 0 Å². The molecule has 1 amide bonds. The molecule has 3 rings (SSSR count). The van der Waals surface area contributed by atoms with E-state index in [2.05, 4.69) is 4.98 Å². The molecule has 1 N–H and O–H groups in total. The molecule has 0 radical (unpaired) electrons. The third kappa shape index (κ3) is 2.24. The second kappa shape index (κ2) is 4.84. The van der Waals surface area contributed by atoms with Crippen molar-refractivity contribution < 1.29 is 14.7 Å². The number of aromatic nitrogens is 1. The Morgan fingerprint density at radius 3 is 2.76 bits per heavy atom. The zero-order valence-corrected chi connectivity index (χ0v) is 11.7. The molecule has 0 unspecified atom stereocenters. The van der Waals surface area contributed by atoms with E-state index in [1.54, 1.807) is 18.0 Å². The fourth-order valence-electron chi connectivity index (χ4n) is 2.75. The van der Waals surface area contributed by atoms with Crippen molar-refractivity contribution in [2.75, 3.05) is 13.1 Å². The molecule has 0 aliphatic carbocycles. The van der Waals surface area contributed by atoms with Crippen LogP contribution in [-0.2, 0) is 4.79 Å². The molecule has 2 heterocycles. The number of carboxylic acids is 1. The lowest BCUT2D eigenvalue weighted by molar-refractivity contribution is -0.147. The first-order valence-corrected chi connectivity index (χ1v) is 6.88. The van der Waals surface area contributed by atoms with E-state index in [1.165, 1.54) is 0 Å². The number of likely N-dealkylation sites (tertiary alicyclic amines) is 1. The minimum absolute atomic E-state index is 0.197. The van der Waals surface area contributed by atoms with E-state index in [4.69, 9.17) is 0 Å². The van der Waals surface area contributed by atoms with Crippen molar-refractivity contribution >= 4 is 22.6 Å². The Morgan fingerprint density at radius 1 is 1.29 bits per heavy atom. The summed E-state index contributed by atoms with van der Waals surface area (Å²) in [5.74, 6) is -1.06. The van der Waals surface area contributed by atoms with E-state index in [9.17, 15) is 14.7 Å². The Kier molecular flexibility index (Phi) is 3.12. The van der Waals surface area contributed by atoms with Crippen molar-refractivity contribution in [1.82, 2.24) is 9.88 Å². The molecular formula is C16H16N2O3. The molecule has 1 aliphatic rings. The van der Waals surface area contributed by atoms with Gasteiger partial charge in [-0.1, -0.05) is 24.3 Å². The lowest BCUT2D eigenvalue weighted by Crippen LogP contribution is -2.35. The summed E-state index contributed by atoms with van der Waals surface area (Å²) in [6, 6.07) is 9.43. The number of benzene rings is 1. The van der Waals surface area contributed by atoms with E-state index < -0.39 is 11.4 Å². The number of nitrogens with zero attached hydrogens (tertiary/aromatic N) is 2. The summed E-state index contributed by atoms with van der Waals surface area (Å²) in [4.78, 5) is 29.7. The second-order valence-corrected chi connectivity index (χ2v) is 5.72. The summed E-state index contributed by atoms with van der Waals surface area (Å²) < 4.78 is 0. The van der Waals surface area contributed by atoms with Crippen LogP contribution >= 0.6 is 0 Å². The number of hydrogen-bond donors (Lipinski definition) is 1. The van der Waals surface area contributed by atoms with Crippen molar-refractivity contribution in [2.24, 2.45) is 5.41 Å². The molecule has 1 aromatic carbocycles. The zero-order chi connectivity index (χ0) is 15.0. The molecule has 1 saturated heterocycles. The van der Waals surface area contributed by atoms with Gasteiger partial charge in [0.2, 0.25) is 0 Å². The summed E-state index contributed by atoms with van der Waals surface area (Å²) in [6.45, 7) is 2.36. The standard InChI is InChI=1S/C16H16N2O3/c1-16(15(20)21)7-9-18(10-16)14(19)13-12-5-3-2-4-11(12)6-8-17-13/h2-6,8H,7,9-10H2,1H3,(H,20,21)/t16-/m0/s1. The summed E-state index contributed by atoms with van der Waals surface area (Å²) in [5, 5.41) is 11.0. The van der Waals surface area contributed by atoms with Crippen LogP contribution in [-0.4, -0.2) is 40.0 Å². The van der Waals surface area contributed by atoms with Crippen LogP contribution in [0.1, 0.15) is 23.8 Å². The fraction of sp³-hybridized carbons (Fsp3) is 0.312. The van der Waals surface area contributed by atoms with E-state index in [1.807, 2.05) is 30.3 Å². The number of amides is 1. The molecule has 108 valence electrons. The number of rotatable bonds is 2. The topological polar surface area (TPSA) is 70.5 Å². The summed E-state index contributed by atoms with van der Waals surface area (Å²) in [6.07, 6.45) is 2.08. The smallest absolute Gasteiger partial charge is 0.311 e. The second-order valence-electron chi connectivity index (χ2n) is 5.72. The van der Waals surface area contributed by atoms with Crippen molar-refractivity contribution in [3.63, 3.8) is 0 Å². The predicted octanol–water partition coefficient (Wildman–Crippen LogP) is 2.17. The number of carboxylic acid groups (broad SMARTS) is 1. The minimum atomic E-state index is -0.861. The van der Waals surface area contributed by atoms with Gasteiger partial charge in [0.25, 0.3) is 5.91 Å². The first-order valence-electron chi connectivity index (χ1n) is 6.88. The van der Waals surface area contributed by atoms with Gasteiger partial charge in [-0.05, 0) is 24.8 Å². The first kappa shape index (κ1) is 13.5. The van der Waals surface area contributed by atoms with Gasteiger partial charge in [0.15, 0.2) is 0 Å². The van der Waals surface area contributed by atoms with Crippen molar-refractivity contribution in [2.45, 2.75) is 13.3 Å². The van der Waals surface area contributed by atoms with Gasteiger partial charge < -0.3 is 10.0 Å². The van der Waals surface area contributed by atoms with Crippen LogP contribution in [0, 0.1) is 5.41 Å². The summed E-state index contributed by atoms with van der Waals surface area (Å²) in [7, 11) is 0. The third-order valence-electron chi connectivity index (χ3n) is 4.15. The summed E-state index contributed by atoms with van der Waals surface area (Å²) in [5.41, 5.74) is -0.469. The van der Waals surface area contributed by atoms with Gasteiger partial charge in [-0.15, -0.1) is 0 Å². The molecular weight excluding hydrogens is 268 g/mol. The molecule has 0 spiro atoms. The van der Waals surface area contributed by atoms with Crippen LogP contribution in [0.2, 0.25) is 0 Å². The van der Waals surface area contributed by atoms with Gasteiger partial charge in [0.1, 0.15) is 5.69 Å². The zero-order valence-electron chi connectivity index (χ0n) is 11.7. The maximum Gasteiger partial charge on any atom is 0.311 e. The van der Waals surface area contributed by atoms with Gasteiger partial charge in [-0.2, -0.15) is 0 Å². The average molecular weight is 284 g/mol. The van der Waals surface area contributed by atoms with Gasteiger partial charge in [0, 0.05) is 24.7 Å². The normalized spacial score (nSPS) is 21.7. The van der Waals surface area contributed by atoms with E-state index in [0.717, 1.165) is 10.8 Å². The van der Waals surface area contributed by atoms with E-state index in [-0.39, 0.29) is 12.5 Å². The van der Waals surface area contributed by atoms with Crippen molar-refractivity contribution in [1.29, 1.82) is 0 Å². The van der Waals surface area contributed by atoms with Gasteiger partial charge >= 0.3 is 5.97 Å². The minimum Gasteiger partial charge on any atom is -0.481 e. The van der Waals surface area contributed by atoms with Crippen LogP contribution < -0.4 is 0 Å². The molecule has 1 fully saturated rings. The highest BCUT2D eigenvalue weighted by Gasteiger charge is 2.42. The molecule has 0 bridgehead atoms. The van der Waals surface area contributed by atoms with Gasteiger partial charge in [-0.3, -0.25) is 14.6 Å². The van der Waals surface area contributed by atoms with E-state index >= 15 is 0 Å².